The van der Waals surface area contributed by atoms with E-state index in [9.17, 15) is 4.21 Å². The fraction of sp³-hybridized carbons (Fsp3) is 0.846. The summed E-state index contributed by atoms with van der Waals surface area (Å²) < 4.78 is 17.5. The second-order valence-corrected chi connectivity index (χ2v) is 6.82. The highest BCUT2D eigenvalue weighted by molar-refractivity contribution is 7.86. The summed E-state index contributed by atoms with van der Waals surface area (Å²) in [4.78, 5) is 0. The lowest BCUT2D eigenvalue weighted by molar-refractivity contribution is 0.232. The number of hydrogen-bond donors (Lipinski definition) is 0. The topological polar surface area (TPSA) is 26.3 Å². The van der Waals surface area contributed by atoms with E-state index >= 15 is 0 Å². The molecule has 94 valence electrons. The van der Waals surface area contributed by atoms with Gasteiger partial charge in [0.1, 0.15) is 0 Å². The van der Waals surface area contributed by atoms with E-state index < -0.39 is 10.8 Å². The molecule has 1 aliphatic rings. The number of allylic oxidation sites excluding steroid dienone is 1. The zero-order valence-corrected chi connectivity index (χ0v) is 11.6. The predicted molar refractivity (Wildman–Crippen MR) is 69.9 cm³/mol. The molecule has 0 aromatic rings. The molecule has 0 aliphatic carbocycles. The third-order valence-corrected chi connectivity index (χ3v) is 5.63. The molecule has 1 heterocycles. The molecule has 3 heteroatoms. The summed E-state index contributed by atoms with van der Waals surface area (Å²) in [6.45, 7) is 6.98. The Morgan fingerprint density at radius 3 is 2.75 bits per heavy atom. The first-order valence-corrected chi connectivity index (χ1v) is 7.56. The van der Waals surface area contributed by atoms with Crippen molar-refractivity contribution >= 4 is 10.8 Å². The number of rotatable bonds is 6. The Bertz CT molecular complexity index is 269. The second kappa shape index (κ2) is 6.43. The van der Waals surface area contributed by atoms with Gasteiger partial charge in [-0.15, -0.1) is 0 Å². The van der Waals surface area contributed by atoms with Crippen molar-refractivity contribution in [3.05, 3.63) is 11.8 Å². The minimum Gasteiger partial charge on any atom is -0.501 e. The molecule has 0 saturated carbocycles. The van der Waals surface area contributed by atoms with Gasteiger partial charge in [-0.1, -0.05) is 6.92 Å². The van der Waals surface area contributed by atoms with Crippen molar-refractivity contribution in [2.24, 2.45) is 0 Å². The van der Waals surface area contributed by atoms with E-state index in [-0.39, 0.29) is 4.75 Å². The summed E-state index contributed by atoms with van der Waals surface area (Å²) in [5, 5.41) is 0. The first-order chi connectivity index (χ1) is 7.60. The standard InChI is InChI=1S/C13H24O2S/c1-4-13(8-6-10-16(13)14)7-5-9-15-11-12(2)3/h11H,4-10H2,1-3H3. The van der Waals surface area contributed by atoms with Crippen LogP contribution in [0.25, 0.3) is 0 Å². The fourth-order valence-corrected chi connectivity index (χ4v) is 4.22. The van der Waals surface area contributed by atoms with Crippen molar-refractivity contribution in [3.8, 4) is 0 Å². The molecule has 2 unspecified atom stereocenters. The molecule has 2 atom stereocenters. The van der Waals surface area contributed by atoms with Gasteiger partial charge >= 0.3 is 0 Å². The van der Waals surface area contributed by atoms with E-state index in [2.05, 4.69) is 6.92 Å². The van der Waals surface area contributed by atoms with Gasteiger partial charge in [-0.25, -0.2) is 0 Å². The van der Waals surface area contributed by atoms with E-state index in [1.165, 1.54) is 5.57 Å². The van der Waals surface area contributed by atoms with Crippen LogP contribution in [-0.4, -0.2) is 21.3 Å². The Hall–Kier alpha value is -0.310. The maximum atomic E-state index is 12.0. The summed E-state index contributed by atoms with van der Waals surface area (Å²) in [5.74, 6) is 0.905. The third-order valence-electron chi connectivity index (χ3n) is 3.30. The van der Waals surface area contributed by atoms with Gasteiger partial charge in [-0.2, -0.15) is 0 Å². The summed E-state index contributed by atoms with van der Waals surface area (Å²) in [6.07, 6.45) is 7.19. The lowest BCUT2D eigenvalue weighted by atomic mass is 9.95. The first kappa shape index (κ1) is 13.8. The van der Waals surface area contributed by atoms with E-state index in [1.54, 1.807) is 0 Å². The lowest BCUT2D eigenvalue weighted by Gasteiger charge is -2.25. The van der Waals surface area contributed by atoms with Crippen molar-refractivity contribution in [1.29, 1.82) is 0 Å². The van der Waals surface area contributed by atoms with Crippen LogP contribution in [0, 0.1) is 0 Å². The van der Waals surface area contributed by atoms with Crippen molar-refractivity contribution in [3.63, 3.8) is 0 Å². The van der Waals surface area contributed by atoms with Crippen LogP contribution < -0.4 is 0 Å². The van der Waals surface area contributed by atoms with E-state index in [0.717, 1.165) is 44.5 Å². The molecule has 0 aromatic carbocycles. The van der Waals surface area contributed by atoms with E-state index in [1.807, 2.05) is 20.1 Å². The summed E-state index contributed by atoms with van der Waals surface area (Å²) >= 11 is 0. The Morgan fingerprint density at radius 2 is 2.25 bits per heavy atom. The van der Waals surface area contributed by atoms with Gasteiger partial charge in [-0.05, 0) is 51.5 Å². The van der Waals surface area contributed by atoms with E-state index in [0.29, 0.717) is 0 Å². The monoisotopic (exact) mass is 244 g/mol. The van der Waals surface area contributed by atoms with Crippen LogP contribution in [0.3, 0.4) is 0 Å². The van der Waals surface area contributed by atoms with Gasteiger partial charge in [0.05, 0.1) is 12.9 Å². The molecule has 16 heavy (non-hydrogen) atoms. The second-order valence-electron chi connectivity index (χ2n) is 4.86. The minimum absolute atomic E-state index is 0.105. The third kappa shape index (κ3) is 3.62. The number of hydrogen-bond acceptors (Lipinski definition) is 2. The molecule has 2 nitrogen and oxygen atoms in total. The molecule has 0 bridgehead atoms. The van der Waals surface area contributed by atoms with Crippen molar-refractivity contribution in [1.82, 2.24) is 0 Å². The highest BCUT2D eigenvalue weighted by atomic mass is 32.2. The van der Waals surface area contributed by atoms with Crippen LogP contribution >= 0.6 is 0 Å². The largest absolute Gasteiger partial charge is 0.501 e. The van der Waals surface area contributed by atoms with Crippen LogP contribution in [0.5, 0.6) is 0 Å². The quantitative estimate of drug-likeness (QED) is 0.529. The lowest BCUT2D eigenvalue weighted by Crippen LogP contribution is -2.29. The van der Waals surface area contributed by atoms with Crippen molar-refractivity contribution in [2.45, 2.75) is 57.6 Å². The van der Waals surface area contributed by atoms with Crippen molar-refractivity contribution in [2.75, 3.05) is 12.4 Å². The molecule has 1 aliphatic heterocycles. The summed E-state index contributed by atoms with van der Waals surface area (Å²) in [5.41, 5.74) is 1.19. The average Bonchev–Trinajstić information content (AvgIpc) is 2.60. The SMILES string of the molecule is CCC1(CCCOC=C(C)C)CCCS1=O. The molecule has 1 saturated heterocycles. The Balaban J connectivity index is 2.30. The van der Waals surface area contributed by atoms with Gasteiger partial charge in [0.15, 0.2) is 0 Å². The maximum Gasteiger partial charge on any atom is 0.0873 e. The smallest absolute Gasteiger partial charge is 0.0873 e. The Kier molecular flexibility index (Phi) is 5.53. The van der Waals surface area contributed by atoms with Crippen LogP contribution in [0.2, 0.25) is 0 Å². The maximum absolute atomic E-state index is 12.0. The molecule has 1 fully saturated rings. The molecule has 0 aromatic heterocycles. The Labute approximate surface area is 102 Å². The highest BCUT2D eigenvalue weighted by Gasteiger charge is 2.38. The fourth-order valence-electron chi connectivity index (χ4n) is 2.31. The average molecular weight is 244 g/mol. The van der Waals surface area contributed by atoms with Crippen LogP contribution in [0.15, 0.2) is 11.8 Å². The minimum atomic E-state index is -0.604. The van der Waals surface area contributed by atoms with Crippen molar-refractivity contribution < 1.29 is 8.95 Å². The van der Waals surface area contributed by atoms with Crippen LogP contribution in [0.4, 0.5) is 0 Å². The molecule has 0 N–H and O–H groups in total. The van der Waals surface area contributed by atoms with Gasteiger partial charge in [0.2, 0.25) is 0 Å². The van der Waals surface area contributed by atoms with Crippen LogP contribution in [-0.2, 0) is 15.5 Å². The van der Waals surface area contributed by atoms with Gasteiger partial charge in [-0.3, -0.25) is 4.21 Å². The molecular weight excluding hydrogens is 220 g/mol. The molecule has 1 rings (SSSR count). The first-order valence-electron chi connectivity index (χ1n) is 6.24. The zero-order chi connectivity index (χ0) is 12.0. The van der Waals surface area contributed by atoms with E-state index in [4.69, 9.17) is 4.74 Å². The molecule has 0 spiro atoms. The zero-order valence-electron chi connectivity index (χ0n) is 10.8. The number of ether oxygens (including phenoxy) is 1. The molecule has 0 amide bonds. The molecule has 0 radical (unpaired) electrons. The summed E-state index contributed by atoms with van der Waals surface area (Å²) in [6, 6.07) is 0. The van der Waals surface area contributed by atoms with Gasteiger partial charge < -0.3 is 4.74 Å². The summed E-state index contributed by atoms with van der Waals surface area (Å²) in [7, 11) is -0.604. The Morgan fingerprint density at radius 1 is 1.50 bits per heavy atom. The molecular formula is C13H24O2S. The highest BCUT2D eigenvalue weighted by Crippen LogP contribution is 2.36. The normalized spacial score (nSPS) is 29.1. The van der Waals surface area contributed by atoms with Gasteiger partial charge in [0, 0.05) is 21.3 Å². The van der Waals surface area contributed by atoms with Gasteiger partial charge in [0.25, 0.3) is 0 Å². The van der Waals surface area contributed by atoms with Crippen LogP contribution in [0.1, 0.15) is 52.9 Å². The predicted octanol–water partition coefficient (Wildman–Crippen LogP) is 3.40.